The van der Waals surface area contributed by atoms with Crippen molar-refractivity contribution in [1.82, 2.24) is 9.97 Å². The first kappa shape index (κ1) is 28.0. The fraction of sp³-hybridized carbons (Fsp3) is 0.143. The van der Waals surface area contributed by atoms with Crippen molar-refractivity contribution < 1.29 is 43.9 Å². The second kappa shape index (κ2) is 9.60. The van der Waals surface area contributed by atoms with Gasteiger partial charge in [0.1, 0.15) is 22.3 Å². The number of non-ortho nitro benzene ring substituents is 1. The molecule has 1 heterocycles. The summed E-state index contributed by atoms with van der Waals surface area (Å²) in [6.07, 6.45) is -10.4. The molecule has 38 heavy (non-hydrogen) atoms. The van der Waals surface area contributed by atoms with Gasteiger partial charge in [0, 0.05) is 16.6 Å². The van der Waals surface area contributed by atoms with Gasteiger partial charge in [-0.05, 0) is 55.6 Å². The third kappa shape index (κ3) is 5.68. The smallest absolute Gasteiger partial charge is 0.379 e. The number of halogens is 8. The van der Waals surface area contributed by atoms with Crippen molar-refractivity contribution in [3.63, 3.8) is 0 Å². The second-order valence-electron chi connectivity index (χ2n) is 7.69. The van der Waals surface area contributed by atoms with Crippen molar-refractivity contribution in [1.29, 1.82) is 0 Å². The minimum atomic E-state index is -5.21. The quantitative estimate of drug-likeness (QED) is 0.0719. The molecule has 0 N–H and O–H groups in total. The molecule has 1 aromatic heterocycles. The molecule has 0 fully saturated rings. The van der Waals surface area contributed by atoms with Crippen LogP contribution in [0.25, 0.3) is 22.1 Å². The molecular weight excluding hydrogens is 680 g/mol. The van der Waals surface area contributed by atoms with E-state index in [9.17, 15) is 44.9 Å². The summed E-state index contributed by atoms with van der Waals surface area (Å²) in [5.74, 6) is -1.31. The summed E-state index contributed by atoms with van der Waals surface area (Å²) in [4.78, 5) is 17.8. The van der Waals surface area contributed by atoms with Crippen molar-refractivity contribution in [3.05, 3.63) is 78.2 Å². The van der Waals surface area contributed by atoms with Crippen LogP contribution >= 0.6 is 31.9 Å². The van der Waals surface area contributed by atoms with E-state index in [1.54, 1.807) is 0 Å². The lowest BCUT2D eigenvalue weighted by molar-refractivity contribution is -0.384. The average Bonchev–Trinajstić information content (AvgIpc) is 2.79. The minimum absolute atomic E-state index is 0.0434. The number of fused-ring (bicyclic) bond motifs is 2. The first-order valence-electron chi connectivity index (χ1n) is 9.89. The van der Waals surface area contributed by atoms with Crippen LogP contribution in [0.4, 0.5) is 32.0 Å². The summed E-state index contributed by atoms with van der Waals surface area (Å²) in [6.45, 7) is 0. The summed E-state index contributed by atoms with van der Waals surface area (Å²) in [5, 5.41) is 10.8. The van der Waals surface area contributed by atoms with Gasteiger partial charge in [-0.15, -0.1) is 0 Å². The van der Waals surface area contributed by atoms with E-state index in [2.05, 4.69) is 41.8 Å². The van der Waals surface area contributed by atoms with Crippen LogP contribution in [0.5, 0.6) is 5.75 Å². The first-order chi connectivity index (χ1) is 17.5. The number of nitro groups is 1. The van der Waals surface area contributed by atoms with Crippen LogP contribution < -0.4 is 4.18 Å². The van der Waals surface area contributed by atoms with Crippen LogP contribution in [0.2, 0.25) is 0 Å². The van der Waals surface area contributed by atoms with Crippen LogP contribution in [0, 0.1) is 10.1 Å². The van der Waals surface area contributed by atoms with Crippen LogP contribution in [0.3, 0.4) is 0 Å². The Bertz CT molecular complexity index is 1710. The van der Waals surface area contributed by atoms with Crippen molar-refractivity contribution in [2.24, 2.45) is 0 Å². The van der Waals surface area contributed by atoms with Gasteiger partial charge in [0.15, 0.2) is 5.75 Å². The highest BCUT2D eigenvalue weighted by molar-refractivity contribution is 9.11. The molecule has 0 amide bonds. The Labute approximate surface area is 225 Å². The maximum atomic E-state index is 13.6. The highest BCUT2D eigenvalue weighted by Crippen LogP contribution is 2.43. The van der Waals surface area contributed by atoms with Crippen molar-refractivity contribution in [3.8, 4) is 5.75 Å². The number of nitro benzene ring substituents is 1. The Balaban J connectivity index is 1.88. The third-order valence-electron chi connectivity index (χ3n) is 5.02. The van der Waals surface area contributed by atoms with E-state index in [4.69, 9.17) is 4.18 Å². The number of nitrogens with zero attached hydrogens (tertiary/aromatic N) is 3. The Hall–Kier alpha value is -3.05. The van der Waals surface area contributed by atoms with Crippen molar-refractivity contribution >= 4 is 69.7 Å². The van der Waals surface area contributed by atoms with Gasteiger partial charge in [-0.25, -0.2) is 9.97 Å². The Morgan fingerprint density at radius 1 is 0.868 bits per heavy atom. The van der Waals surface area contributed by atoms with E-state index in [0.29, 0.717) is 6.07 Å². The molecule has 0 radical (unpaired) electrons. The Morgan fingerprint density at radius 2 is 1.50 bits per heavy atom. The van der Waals surface area contributed by atoms with Crippen LogP contribution in [0.15, 0.2) is 51.4 Å². The molecule has 4 rings (SSSR count). The van der Waals surface area contributed by atoms with Gasteiger partial charge in [0.2, 0.25) is 0 Å². The van der Waals surface area contributed by atoms with E-state index in [1.807, 2.05) is 0 Å². The lowest BCUT2D eigenvalue weighted by Crippen LogP contribution is -2.14. The van der Waals surface area contributed by atoms with Gasteiger partial charge < -0.3 is 4.18 Å². The summed E-state index contributed by atoms with van der Waals surface area (Å²) < 4.78 is 112. The predicted molar refractivity (Wildman–Crippen MR) is 129 cm³/mol. The van der Waals surface area contributed by atoms with E-state index in [1.165, 1.54) is 18.2 Å². The third-order valence-corrected chi connectivity index (χ3v) is 7.32. The highest BCUT2D eigenvalue weighted by atomic mass is 79.9. The van der Waals surface area contributed by atoms with Crippen molar-refractivity contribution in [2.45, 2.75) is 18.1 Å². The number of rotatable bonds is 5. The van der Waals surface area contributed by atoms with Crippen LogP contribution in [-0.4, -0.2) is 23.3 Å². The van der Waals surface area contributed by atoms with E-state index >= 15 is 0 Å². The van der Waals surface area contributed by atoms with Gasteiger partial charge in [-0.3, -0.25) is 10.1 Å². The molecule has 0 aliphatic heterocycles. The zero-order valence-corrected chi connectivity index (χ0v) is 22.1. The molecule has 17 heteroatoms. The largest absolute Gasteiger partial charge is 0.418 e. The molecule has 0 unspecified atom stereocenters. The number of aromatic nitrogens is 2. The fourth-order valence-corrected chi connectivity index (χ4v) is 5.88. The average molecular weight is 689 g/mol. The van der Waals surface area contributed by atoms with E-state index in [-0.39, 0.29) is 31.8 Å². The van der Waals surface area contributed by atoms with Crippen LogP contribution in [0.1, 0.15) is 16.7 Å². The molecule has 0 spiro atoms. The van der Waals surface area contributed by atoms with Gasteiger partial charge in [-0.2, -0.15) is 34.8 Å². The zero-order chi connectivity index (χ0) is 28.2. The lowest BCUT2D eigenvalue weighted by Gasteiger charge is -2.16. The molecule has 200 valence electrons. The highest BCUT2D eigenvalue weighted by Gasteiger charge is 2.39. The molecule has 8 nitrogen and oxygen atoms in total. The molecule has 3 aromatic carbocycles. The number of hydrogen-bond acceptors (Lipinski definition) is 7. The molecule has 0 bridgehead atoms. The molecule has 0 aliphatic carbocycles. The zero-order valence-electron chi connectivity index (χ0n) is 18.1. The van der Waals surface area contributed by atoms with Gasteiger partial charge in [0.25, 0.3) is 5.69 Å². The maximum Gasteiger partial charge on any atom is 0.418 e. The molecule has 0 saturated heterocycles. The van der Waals surface area contributed by atoms with Gasteiger partial charge >= 0.3 is 22.5 Å². The summed E-state index contributed by atoms with van der Waals surface area (Å²) in [5.41, 5.74) is -5.94. The second-order valence-corrected chi connectivity index (χ2v) is 11.0. The molecule has 4 aromatic rings. The SMILES string of the molecule is O=[N+]([O-])c1ccc(CS(=O)(=O)Oc2c(Br)cc(Br)c3nc4c(C(F)(F)F)cc(C(F)(F)F)cc4nc23)cc1. The molecule has 0 aliphatic rings. The minimum Gasteiger partial charge on any atom is -0.379 e. The standard InChI is InChI=1S/C21H9Br2F6N3O5S/c22-13-7-14(23)19(37-38(35,36)8-9-1-3-11(4-2-9)32(33)34)18-17(13)31-16-12(21(27,28)29)5-10(20(24,25)26)6-15(16)30-18/h1-7H,8H2. The van der Waals surface area contributed by atoms with Crippen molar-refractivity contribution in [2.75, 3.05) is 0 Å². The molecule has 0 saturated carbocycles. The van der Waals surface area contributed by atoms with E-state index in [0.717, 1.165) is 12.1 Å². The number of hydrogen-bond donors (Lipinski definition) is 0. The Morgan fingerprint density at radius 3 is 2.05 bits per heavy atom. The lowest BCUT2D eigenvalue weighted by atomic mass is 10.1. The van der Waals surface area contributed by atoms with Gasteiger partial charge in [0.05, 0.1) is 26.0 Å². The van der Waals surface area contributed by atoms with Crippen LogP contribution in [-0.2, 0) is 28.2 Å². The predicted octanol–water partition coefficient (Wildman–Crippen LogP) is 7.16. The summed E-state index contributed by atoms with van der Waals surface area (Å²) in [7, 11) is -4.51. The molecular formula is C21H9Br2F6N3O5S. The summed E-state index contributed by atoms with van der Waals surface area (Å²) >= 11 is 6.15. The molecule has 0 atom stereocenters. The first-order valence-corrected chi connectivity index (χ1v) is 13.1. The monoisotopic (exact) mass is 687 g/mol. The number of alkyl halides is 6. The maximum absolute atomic E-state index is 13.6. The van der Waals surface area contributed by atoms with E-state index < -0.39 is 66.6 Å². The normalized spacial score (nSPS) is 12.7. The Kier molecular flexibility index (Phi) is 7.07. The fourth-order valence-electron chi connectivity index (χ4n) is 3.38. The number of benzene rings is 3. The summed E-state index contributed by atoms with van der Waals surface area (Å²) in [6, 6.07) is 6.00. The topological polar surface area (TPSA) is 112 Å². The van der Waals surface area contributed by atoms with Gasteiger partial charge in [-0.1, -0.05) is 12.1 Å².